The molecule has 10 heteroatoms. The number of ether oxygens (including phenoxy) is 3. The molecule has 0 radical (unpaired) electrons. The number of aliphatic imine (C=N–C) groups is 1. The van der Waals surface area contributed by atoms with Gasteiger partial charge < -0.3 is 29.7 Å². The highest BCUT2D eigenvalue weighted by Gasteiger charge is 2.21. The number of carbonyl (C=O) groups is 1. The van der Waals surface area contributed by atoms with E-state index in [1.807, 2.05) is 31.2 Å². The Morgan fingerprint density at radius 2 is 1.87 bits per heavy atom. The summed E-state index contributed by atoms with van der Waals surface area (Å²) in [5.74, 6) is 2.43. The number of piperazine rings is 1. The lowest BCUT2D eigenvalue weighted by Crippen LogP contribution is -2.54. The summed E-state index contributed by atoms with van der Waals surface area (Å²) in [6, 6.07) is 7.58. The van der Waals surface area contributed by atoms with Crippen molar-refractivity contribution >= 4 is 35.8 Å². The fraction of sp³-hybridized carbons (Fsp3) is 0.619. The second-order valence-electron chi connectivity index (χ2n) is 7.14. The fourth-order valence-electron chi connectivity index (χ4n) is 3.19. The molecule has 1 aliphatic heterocycles. The third-order valence-electron chi connectivity index (χ3n) is 4.81. The van der Waals surface area contributed by atoms with E-state index < -0.39 is 0 Å². The topological polar surface area (TPSA) is 87.7 Å². The van der Waals surface area contributed by atoms with Gasteiger partial charge in [0.2, 0.25) is 5.91 Å². The van der Waals surface area contributed by atoms with Crippen molar-refractivity contribution in [3.05, 3.63) is 24.3 Å². The van der Waals surface area contributed by atoms with Crippen LogP contribution < -0.4 is 20.1 Å². The van der Waals surface area contributed by atoms with Crippen LogP contribution in [0, 0.1) is 0 Å². The van der Waals surface area contributed by atoms with Crippen molar-refractivity contribution < 1.29 is 19.0 Å². The predicted molar refractivity (Wildman–Crippen MR) is 133 cm³/mol. The number of benzene rings is 1. The Labute approximate surface area is 202 Å². The molecule has 1 saturated heterocycles. The van der Waals surface area contributed by atoms with Gasteiger partial charge in [-0.05, 0) is 19.1 Å². The first-order valence-electron chi connectivity index (χ1n) is 10.3. The molecule has 1 amide bonds. The third-order valence-corrected chi connectivity index (χ3v) is 4.81. The minimum absolute atomic E-state index is 0. The number of carbonyl (C=O) groups excluding carboxylic acids is 1. The smallest absolute Gasteiger partial charge is 0.234 e. The van der Waals surface area contributed by atoms with E-state index in [4.69, 9.17) is 14.2 Å². The molecule has 1 aromatic rings. The number of guanidine groups is 1. The molecule has 0 aromatic heterocycles. The molecule has 9 nitrogen and oxygen atoms in total. The molecule has 1 heterocycles. The number of hydrogen-bond acceptors (Lipinski definition) is 6. The Morgan fingerprint density at radius 1 is 1.16 bits per heavy atom. The predicted octanol–water partition coefficient (Wildman–Crippen LogP) is 1.04. The van der Waals surface area contributed by atoms with Gasteiger partial charge in [-0.2, -0.15) is 0 Å². The van der Waals surface area contributed by atoms with Crippen LogP contribution in [-0.2, 0) is 9.53 Å². The zero-order valence-electron chi connectivity index (χ0n) is 18.9. The van der Waals surface area contributed by atoms with Crippen LogP contribution in [0.4, 0.5) is 0 Å². The Kier molecular flexibility index (Phi) is 13.3. The maximum Gasteiger partial charge on any atom is 0.234 e. The van der Waals surface area contributed by atoms with E-state index in [1.54, 1.807) is 21.3 Å². The third kappa shape index (κ3) is 9.92. The number of hydrogen-bond donors (Lipinski definition) is 2. The van der Waals surface area contributed by atoms with E-state index >= 15 is 0 Å². The van der Waals surface area contributed by atoms with Gasteiger partial charge in [0.05, 0.1) is 26.8 Å². The zero-order chi connectivity index (χ0) is 21.8. The lowest BCUT2D eigenvalue weighted by Gasteiger charge is -2.36. The van der Waals surface area contributed by atoms with Gasteiger partial charge in [-0.15, -0.1) is 24.0 Å². The first-order chi connectivity index (χ1) is 14.5. The summed E-state index contributed by atoms with van der Waals surface area (Å²) in [5, 5.41) is 6.24. The molecule has 0 bridgehead atoms. The van der Waals surface area contributed by atoms with Gasteiger partial charge in [0, 0.05) is 52.9 Å². The van der Waals surface area contributed by atoms with Crippen LogP contribution >= 0.6 is 24.0 Å². The monoisotopic (exact) mass is 549 g/mol. The van der Waals surface area contributed by atoms with Crippen molar-refractivity contribution in [3.63, 3.8) is 0 Å². The molecule has 1 aliphatic rings. The average molecular weight is 549 g/mol. The maximum atomic E-state index is 11.9. The van der Waals surface area contributed by atoms with Crippen molar-refractivity contribution in [2.75, 3.05) is 73.7 Å². The van der Waals surface area contributed by atoms with E-state index in [0.29, 0.717) is 26.2 Å². The van der Waals surface area contributed by atoms with E-state index in [1.165, 1.54) is 0 Å². The van der Waals surface area contributed by atoms with Crippen LogP contribution in [0.3, 0.4) is 0 Å². The number of nitrogens with zero attached hydrogens (tertiary/aromatic N) is 3. The molecule has 1 aromatic carbocycles. The highest BCUT2D eigenvalue weighted by atomic mass is 127. The van der Waals surface area contributed by atoms with Crippen LogP contribution in [0.25, 0.3) is 0 Å². The minimum Gasteiger partial charge on any atom is -0.497 e. The number of nitrogens with one attached hydrogen (secondary N) is 2. The molecular weight excluding hydrogens is 513 g/mol. The summed E-state index contributed by atoms with van der Waals surface area (Å²) in [4.78, 5) is 20.7. The van der Waals surface area contributed by atoms with Crippen LogP contribution in [0.15, 0.2) is 29.3 Å². The second kappa shape index (κ2) is 15.1. The molecule has 1 atom stereocenters. The minimum atomic E-state index is -0.0362. The van der Waals surface area contributed by atoms with Crippen LogP contribution in [0.2, 0.25) is 0 Å². The fourth-order valence-corrected chi connectivity index (χ4v) is 3.19. The lowest BCUT2D eigenvalue weighted by molar-refractivity contribution is -0.122. The molecule has 31 heavy (non-hydrogen) atoms. The number of halogens is 1. The molecule has 0 aliphatic carbocycles. The number of rotatable bonds is 10. The van der Waals surface area contributed by atoms with Gasteiger partial charge in [-0.1, -0.05) is 6.07 Å². The number of methoxy groups -OCH3 is 2. The van der Waals surface area contributed by atoms with Crippen molar-refractivity contribution in [2.24, 2.45) is 4.99 Å². The first kappa shape index (κ1) is 27.2. The maximum absolute atomic E-state index is 11.9. The van der Waals surface area contributed by atoms with E-state index in [2.05, 4.69) is 25.4 Å². The zero-order valence-corrected chi connectivity index (χ0v) is 21.3. The Morgan fingerprint density at radius 3 is 2.52 bits per heavy atom. The van der Waals surface area contributed by atoms with Crippen molar-refractivity contribution in [2.45, 2.75) is 13.0 Å². The lowest BCUT2D eigenvalue weighted by atomic mass is 10.3. The second-order valence-corrected chi connectivity index (χ2v) is 7.14. The van der Waals surface area contributed by atoms with Gasteiger partial charge in [0.15, 0.2) is 5.96 Å². The molecule has 2 rings (SSSR count). The first-order valence-corrected chi connectivity index (χ1v) is 10.3. The van der Waals surface area contributed by atoms with E-state index in [-0.39, 0.29) is 36.0 Å². The molecule has 2 N–H and O–H groups in total. The van der Waals surface area contributed by atoms with Crippen molar-refractivity contribution in [3.8, 4) is 11.5 Å². The van der Waals surface area contributed by atoms with Crippen molar-refractivity contribution in [1.82, 2.24) is 20.4 Å². The van der Waals surface area contributed by atoms with Crippen LogP contribution in [-0.4, -0.2) is 101 Å². The Balaban J connectivity index is 0.00000480. The highest BCUT2D eigenvalue weighted by molar-refractivity contribution is 14.0. The van der Waals surface area contributed by atoms with Gasteiger partial charge in [-0.3, -0.25) is 14.7 Å². The molecule has 176 valence electrons. The standard InChI is InChI=1S/C21H35N5O4.HI/c1-17(30-19-7-5-6-18(14-19)29-4)15-24-21(22-2)26-11-9-25(10-12-26)16-20(27)23-8-13-28-3;/h5-7,14,17H,8-13,15-16H2,1-4H3,(H,22,24)(H,23,27);1H. The Hall–Kier alpha value is -1.79. The van der Waals surface area contributed by atoms with Crippen molar-refractivity contribution in [1.29, 1.82) is 0 Å². The SMILES string of the molecule is CN=C(NCC(C)Oc1cccc(OC)c1)N1CCN(CC(=O)NCCOC)CC1.I. The highest BCUT2D eigenvalue weighted by Crippen LogP contribution is 2.19. The summed E-state index contributed by atoms with van der Waals surface area (Å²) in [6.45, 7) is 7.39. The summed E-state index contributed by atoms with van der Waals surface area (Å²) in [7, 11) is 5.05. The van der Waals surface area contributed by atoms with Gasteiger partial charge in [0.25, 0.3) is 0 Å². The summed E-state index contributed by atoms with van der Waals surface area (Å²) in [6.07, 6.45) is -0.0362. The molecule has 0 spiro atoms. The molecule has 1 unspecified atom stereocenters. The van der Waals surface area contributed by atoms with Gasteiger partial charge >= 0.3 is 0 Å². The van der Waals surface area contributed by atoms with E-state index in [9.17, 15) is 4.79 Å². The Bertz CT molecular complexity index is 683. The average Bonchev–Trinajstić information content (AvgIpc) is 2.75. The molecule has 1 fully saturated rings. The van der Waals surface area contributed by atoms with Gasteiger partial charge in [0.1, 0.15) is 17.6 Å². The van der Waals surface area contributed by atoms with Crippen LogP contribution in [0.5, 0.6) is 11.5 Å². The largest absolute Gasteiger partial charge is 0.497 e. The van der Waals surface area contributed by atoms with Gasteiger partial charge in [-0.25, -0.2) is 0 Å². The summed E-state index contributed by atoms with van der Waals surface area (Å²) < 4.78 is 16.1. The van der Waals surface area contributed by atoms with Crippen LogP contribution in [0.1, 0.15) is 6.92 Å². The summed E-state index contributed by atoms with van der Waals surface area (Å²) >= 11 is 0. The van der Waals surface area contributed by atoms with E-state index in [0.717, 1.165) is 43.6 Å². The number of amides is 1. The summed E-state index contributed by atoms with van der Waals surface area (Å²) in [5.41, 5.74) is 0. The quantitative estimate of drug-likeness (QED) is 0.195. The molecular formula is C21H36IN5O4. The molecule has 0 saturated carbocycles. The normalized spacial score (nSPS) is 15.6.